The normalized spacial score (nSPS) is 14.3. The molecule has 0 atom stereocenters. The van der Waals surface area contributed by atoms with Crippen molar-refractivity contribution in [2.75, 3.05) is 5.32 Å². The van der Waals surface area contributed by atoms with E-state index in [2.05, 4.69) is 28.5 Å². The summed E-state index contributed by atoms with van der Waals surface area (Å²) >= 11 is 0. The van der Waals surface area contributed by atoms with Gasteiger partial charge in [-0.3, -0.25) is 4.79 Å². The smallest absolute Gasteiger partial charge is 0.229 e. The Morgan fingerprint density at radius 1 is 0.939 bits per heavy atom. The Labute approximate surface area is 192 Å². The molecule has 0 unspecified atom stereocenters. The summed E-state index contributed by atoms with van der Waals surface area (Å²) in [6.45, 7) is 0. The summed E-state index contributed by atoms with van der Waals surface area (Å²) in [4.78, 5) is 22.4. The molecule has 166 valence electrons. The summed E-state index contributed by atoms with van der Waals surface area (Å²) in [5.41, 5.74) is 3.31. The van der Waals surface area contributed by atoms with Crippen molar-refractivity contribution in [1.29, 1.82) is 0 Å². The van der Waals surface area contributed by atoms with Crippen LogP contribution in [0.4, 0.5) is 10.2 Å². The van der Waals surface area contributed by atoms with E-state index in [0.717, 1.165) is 53.3 Å². The highest BCUT2D eigenvalue weighted by Gasteiger charge is 2.23. The molecule has 1 aliphatic rings. The van der Waals surface area contributed by atoms with Crippen LogP contribution in [-0.4, -0.2) is 15.9 Å². The largest absolute Gasteiger partial charge is 0.309 e. The van der Waals surface area contributed by atoms with Gasteiger partial charge in [-0.2, -0.15) is 0 Å². The Morgan fingerprint density at radius 2 is 1.70 bits per heavy atom. The van der Waals surface area contributed by atoms with Gasteiger partial charge in [0.1, 0.15) is 5.82 Å². The predicted octanol–water partition coefficient (Wildman–Crippen LogP) is 6.66. The highest BCUT2D eigenvalue weighted by molar-refractivity contribution is 5.93. The summed E-state index contributed by atoms with van der Waals surface area (Å²) in [6, 6.07) is 20.5. The van der Waals surface area contributed by atoms with Crippen molar-refractivity contribution in [3.8, 4) is 11.3 Å². The van der Waals surface area contributed by atoms with Gasteiger partial charge in [-0.05, 0) is 53.4 Å². The van der Waals surface area contributed by atoms with E-state index in [4.69, 9.17) is 4.98 Å². The number of carbonyl (C=O) groups is 1. The fourth-order valence-electron chi connectivity index (χ4n) is 4.63. The van der Waals surface area contributed by atoms with Crippen molar-refractivity contribution in [3.63, 3.8) is 0 Å². The number of carbonyl (C=O) groups excluding carboxylic acids is 1. The van der Waals surface area contributed by atoms with Gasteiger partial charge in [0.25, 0.3) is 0 Å². The molecule has 0 spiro atoms. The fraction of sp³-hybridized carbons (Fsp3) is 0.250. The van der Waals surface area contributed by atoms with E-state index in [1.54, 1.807) is 18.3 Å². The summed E-state index contributed by atoms with van der Waals surface area (Å²) < 4.78 is 13.4. The van der Waals surface area contributed by atoms with Crippen molar-refractivity contribution >= 4 is 22.5 Å². The molecule has 5 heteroatoms. The lowest BCUT2D eigenvalue weighted by molar-refractivity contribution is -0.115. The van der Waals surface area contributed by atoms with Crippen LogP contribution in [0.15, 0.2) is 72.9 Å². The molecule has 0 aliphatic heterocycles. The van der Waals surface area contributed by atoms with Crippen LogP contribution in [0.25, 0.3) is 22.0 Å². The Balaban J connectivity index is 1.40. The zero-order valence-corrected chi connectivity index (χ0v) is 18.4. The number of hydrogen-bond acceptors (Lipinski definition) is 3. The highest BCUT2D eigenvalue weighted by atomic mass is 19.1. The third kappa shape index (κ3) is 4.92. The Bertz CT molecular complexity index is 1280. The number of hydrogen-bond donors (Lipinski definition) is 1. The molecule has 0 bridgehead atoms. The SMILES string of the molecule is O=C(Cc1ccc2ccccc2c1)Nc1ncc(-c2ccc(F)cc2)nc1C1CCCCC1. The topological polar surface area (TPSA) is 54.9 Å². The third-order valence-corrected chi connectivity index (χ3v) is 6.37. The Hall–Kier alpha value is -3.60. The average molecular weight is 440 g/mol. The molecule has 1 aromatic heterocycles. The number of nitrogens with one attached hydrogen (secondary N) is 1. The first-order valence-electron chi connectivity index (χ1n) is 11.6. The molecule has 1 saturated carbocycles. The van der Waals surface area contributed by atoms with Gasteiger partial charge in [0.05, 0.1) is 24.0 Å². The van der Waals surface area contributed by atoms with E-state index in [1.165, 1.54) is 18.6 Å². The van der Waals surface area contributed by atoms with Crippen LogP contribution in [-0.2, 0) is 11.2 Å². The van der Waals surface area contributed by atoms with Crippen LogP contribution in [0.3, 0.4) is 0 Å². The first kappa shape index (κ1) is 21.3. The van der Waals surface area contributed by atoms with Gasteiger partial charge in [0, 0.05) is 11.5 Å². The van der Waals surface area contributed by atoms with Gasteiger partial charge in [0.15, 0.2) is 5.82 Å². The van der Waals surface area contributed by atoms with E-state index in [1.807, 2.05) is 24.3 Å². The second-order valence-corrected chi connectivity index (χ2v) is 8.74. The molecule has 1 N–H and O–H groups in total. The molecular weight excluding hydrogens is 413 g/mol. The quantitative estimate of drug-likeness (QED) is 0.378. The van der Waals surface area contributed by atoms with Gasteiger partial charge >= 0.3 is 0 Å². The number of benzene rings is 3. The maximum Gasteiger partial charge on any atom is 0.229 e. The predicted molar refractivity (Wildman–Crippen MR) is 130 cm³/mol. The van der Waals surface area contributed by atoms with Crippen LogP contribution >= 0.6 is 0 Å². The molecule has 0 radical (unpaired) electrons. The first-order valence-corrected chi connectivity index (χ1v) is 11.6. The highest BCUT2D eigenvalue weighted by Crippen LogP contribution is 2.35. The molecular formula is C28H26FN3O. The number of nitrogens with zero attached hydrogens (tertiary/aromatic N) is 2. The lowest BCUT2D eigenvalue weighted by Crippen LogP contribution is -2.19. The van der Waals surface area contributed by atoms with Crippen molar-refractivity contribution in [3.05, 3.63) is 90.0 Å². The number of fused-ring (bicyclic) bond motifs is 1. The van der Waals surface area contributed by atoms with Crippen molar-refractivity contribution in [2.45, 2.75) is 44.4 Å². The molecule has 0 saturated heterocycles. The van der Waals surface area contributed by atoms with Crippen molar-refractivity contribution in [1.82, 2.24) is 9.97 Å². The number of amides is 1. The lowest BCUT2D eigenvalue weighted by atomic mass is 9.86. The van der Waals surface area contributed by atoms with Gasteiger partial charge < -0.3 is 5.32 Å². The fourth-order valence-corrected chi connectivity index (χ4v) is 4.63. The molecule has 1 amide bonds. The van der Waals surface area contributed by atoms with E-state index in [-0.39, 0.29) is 24.1 Å². The third-order valence-electron chi connectivity index (χ3n) is 6.37. The molecule has 4 aromatic rings. The maximum atomic E-state index is 13.4. The summed E-state index contributed by atoms with van der Waals surface area (Å²) in [7, 11) is 0. The van der Waals surface area contributed by atoms with E-state index in [0.29, 0.717) is 11.5 Å². The molecule has 33 heavy (non-hydrogen) atoms. The van der Waals surface area contributed by atoms with Gasteiger partial charge in [-0.15, -0.1) is 0 Å². The summed E-state index contributed by atoms with van der Waals surface area (Å²) in [6.07, 6.45) is 7.53. The second-order valence-electron chi connectivity index (χ2n) is 8.74. The minimum Gasteiger partial charge on any atom is -0.309 e. The van der Waals surface area contributed by atoms with Crippen LogP contribution in [0, 0.1) is 5.82 Å². The number of anilines is 1. The van der Waals surface area contributed by atoms with Gasteiger partial charge in [-0.1, -0.05) is 61.7 Å². The maximum absolute atomic E-state index is 13.4. The van der Waals surface area contributed by atoms with Crippen LogP contribution in [0.5, 0.6) is 0 Å². The molecule has 1 heterocycles. The zero-order valence-electron chi connectivity index (χ0n) is 18.4. The first-order chi connectivity index (χ1) is 16.2. The molecule has 1 aliphatic carbocycles. The van der Waals surface area contributed by atoms with E-state index in [9.17, 15) is 9.18 Å². The second kappa shape index (κ2) is 9.49. The van der Waals surface area contributed by atoms with E-state index >= 15 is 0 Å². The Morgan fingerprint density at radius 3 is 2.48 bits per heavy atom. The molecule has 5 rings (SSSR count). The molecule has 4 nitrogen and oxygen atoms in total. The monoisotopic (exact) mass is 439 g/mol. The standard InChI is InChI=1S/C28H26FN3O/c29-24-14-12-21(13-15-24)25-18-30-28(27(31-25)22-7-2-1-3-8-22)32-26(33)17-19-10-11-20-6-4-5-9-23(20)16-19/h4-6,9-16,18,22H,1-3,7-8,17H2,(H,30,32,33). The summed E-state index contributed by atoms with van der Waals surface area (Å²) in [5, 5.41) is 5.30. The van der Waals surface area contributed by atoms with Gasteiger partial charge in [-0.25, -0.2) is 14.4 Å². The number of rotatable bonds is 5. The van der Waals surface area contributed by atoms with Gasteiger partial charge in [0.2, 0.25) is 5.91 Å². The van der Waals surface area contributed by atoms with E-state index < -0.39 is 0 Å². The molecule has 3 aromatic carbocycles. The van der Waals surface area contributed by atoms with Crippen molar-refractivity contribution in [2.24, 2.45) is 0 Å². The summed E-state index contributed by atoms with van der Waals surface area (Å²) in [5.74, 6) is 0.420. The number of halogens is 1. The molecule has 1 fully saturated rings. The van der Waals surface area contributed by atoms with Crippen molar-refractivity contribution < 1.29 is 9.18 Å². The minimum atomic E-state index is -0.281. The van der Waals surface area contributed by atoms with Crippen LogP contribution in [0.2, 0.25) is 0 Å². The minimum absolute atomic E-state index is 0.105. The van der Waals surface area contributed by atoms with Crippen LogP contribution in [0.1, 0.15) is 49.3 Å². The van der Waals surface area contributed by atoms with Crippen LogP contribution < -0.4 is 5.32 Å². The number of aromatic nitrogens is 2. The Kier molecular flexibility index (Phi) is 6.11. The zero-order chi connectivity index (χ0) is 22.6. The average Bonchev–Trinajstić information content (AvgIpc) is 2.85. The lowest BCUT2D eigenvalue weighted by Gasteiger charge is -2.23.